The third kappa shape index (κ3) is 3.67. The first-order valence-electron chi connectivity index (χ1n) is 4.11. The van der Waals surface area contributed by atoms with Gasteiger partial charge in [-0.15, -0.1) is 0 Å². The van der Waals surface area contributed by atoms with Gasteiger partial charge in [0.25, 0.3) is 0 Å². The molecule has 1 saturated heterocycles. The van der Waals surface area contributed by atoms with E-state index in [2.05, 4.69) is 0 Å². The Hall–Kier alpha value is -0.630. The van der Waals surface area contributed by atoms with Gasteiger partial charge in [-0.3, -0.25) is 0 Å². The minimum absolute atomic E-state index is 0.0457. The summed E-state index contributed by atoms with van der Waals surface area (Å²) < 4.78 is 15.4. The molecule has 1 atom stereocenters. The minimum Gasteiger partial charge on any atom is -0.364 e. The molecular formula is C8H13NO3. The molecule has 0 bridgehead atoms. The van der Waals surface area contributed by atoms with Gasteiger partial charge in [0, 0.05) is 13.0 Å². The molecule has 1 unspecified atom stereocenters. The van der Waals surface area contributed by atoms with E-state index >= 15 is 0 Å². The summed E-state index contributed by atoms with van der Waals surface area (Å²) in [7, 11) is 0. The predicted octanol–water partition coefficient (Wildman–Crippen LogP) is 0.680. The van der Waals surface area contributed by atoms with Crippen molar-refractivity contribution >= 4 is 0 Å². The third-order valence-electron chi connectivity index (χ3n) is 1.59. The van der Waals surface area contributed by atoms with Crippen LogP contribution in [-0.2, 0) is 14.2 Å². The second-order valence-corrected chi connectivity index (χ2v) is 2.52. The SMILES string of the molecule is N#CCOCCOC1CCCO1. The van der Waals surface area contributed by atoms with Gasteiger partial charge >= 0.3 is 0 Å². The molecule has 0 aromatic heterocycles. The Labute approximate surface area is 72.0 Å². The summed E-state index contributed by atoms with van der Waals surface area (Å²) in [4.78, 5) is 0. The maximum Gasteiger partial charge on any atom is 0.157 e. The van der Waals surface area contributed by atoms with E-state index in [1.807, 2.05) is 6.07 Å². The molecule has 4 nitrogen and oxygen atoms in total. The van der Waals surface area contributed by atoms with Crippen molar-refractivity contribution in [2.75, 3.05) is 26.4 Å². The van der Waals surface area contributed by atoms with E-state index in [1.54, 1.807) is 0 Å². The number of nitrogens with zero attached hydrogens (tertiary/aromatic N) is 1. The fraction of sp³-hybridized carbons (Fsp3) is 0.875. The molecule has 0 aliphatic carbocycles. The highest BCUT2D eigenvalue weighted by Gasteiger charge is 2.14. The Morgan fingerprint density at radius 1 is 1.50 bits per heavy atom. The van der Waals surface area contributed by atoms with E-state index in [9.17, 15) is 0 Å². The van der Waals surface area contributed by atoms with E-state index in [0.717, 1.165) is 19.4 Å². The molecule has 0 N–H and O–H groups in total. The number of hydrogen-bond donors (Lipinski definition) is 0. The number of ether oxygens (including phenoxy) is 3. The highest BCUT2D eigenvalue weighted by molar-refractivity contribution is 4.66. The van der Waals surface area contributed by atoms with Crippen LogP contribution in [0.25, 0.3) is 0 Å². The van der Waals surface area contributed by atoms with E-state index in [0.29, 0.717) is 13.2 Å². The first kappa shape index (κ1) is 9.46. The zero-order valence-electron chi connectivity index (χ0n) is 6.99. The lowest BCUT2D eigenvalue weighted by Crippen LogP contribution is -2.14. The molecule has 1 fully saturated rings. The second-order valence-electron chi connectivity index (χ2n) is 2.52. The summed E-state index contributed by atoms with van der Waals surface area (Å²) in [6.45, 7) is 1.90. The van der Waals surface area contributed by atoms with Crippen molar-refractivity contribution in [2.24, 2.45) is 0 Å². The molecule has 0 aromatic rings. The summed E-state index contributed by atoms with van der Waals surface area (Å²) in [5.74, 6) is 0. The van der Waals surface area contributed by atoms with Crippen molar-refractivity contribution < 1.29 is 14.2 Å². The Morgan fingerprint density at radius 3 is 3.08 bits per heavy atom. The van der Waals surface area contributed by atoms with Gasteiger partial charge in [-0.2, -0.15) is 5.26 Å². The van der Waals surface area contributed by atoms with Crippen molar-refractivity contribution in [3.05, 3.63) is 0 Å². The van der Waals surface area contributed by atoms with E-state index in [-0.39, 0.29) is 12.9 Å². The van der Waals surface area contributed by atoms with E-state index in [4.69, 9.17) is 19.5 Å². The first-order chi connectivity index (χ1) is 5.93. The zero-order valence-corrected chi connectivity index (χ0v) is 6.99. The summed E-state index contributed by atoms with van der Waals surface area (Å²) in [6, 6.07) is 1.89. The highest BCUT2D eigenvalue weighted by Crippen LogP contribution is 2.12. The molecule has 0 amide bonds. The largest absolute Gasteiger partial charge is 0.364 e. The van der Waals surface area contributed by atoms with Crippen LogP contribution in [-0.4, -0.2) is 32.7 Å². The van der Waals surface area contributed by atoms with E-state index in [1.165, 1.54) is 0 Å². The van der Waals surface area contributed by atoms with Crippen LogP contribution in [0, 0.1) is 11.3 Å². The monoisotopic (exact) mass is 171 g/mol. The second kappa shape index (κ2) is 5.95. The molecule has 0 radical (unpaired) electrons. The van der Waals surface area contributed by atoms with Crippen molar-refractivity contribution in [1.29, 1.82) is 5.26 Å². The smallest absolute Gasteiger partial charge is 0.157 e. The molecule has 1 rings (SSSR count). The summed E-state index contributed by atoms with van der Waals surface area (Å²) >= 11 is 0. The molecule has 1 aliphatic heterocycles. The van der Waals surface area contributed by atoms with Gasteiger partial charge in [-0.1, -0.05) is 0 Å². The summed E-state index contributed by atoms with van der Waals surface area (Å²) in [5.41, 5.74) is 0. The first-order valence-corrected chi connectivity index (χ1v) is 4.11. The number of hydrogen-bond acceptors (Lipinski definition) is 4. The normalized spacial score (nSPS) is 22.4. The summed E-state index contributed by atoms with van der Waals surface area (Å²) in [6.07, 6.45) is 2.00. The van der Waals surface area contributed by atoms with Crippen LogP contribution in [0.4, 0.5) is 0 Å². The molecular weight excluding hydrogens is 158 g/mol. The molecule has 68 valence electrons. The highest BCUT2D eigenvalue weighted by atomic mass is 16.7. The quantitative estimate of drug-likeness (QED) is 0.571. The topological polar surface area (TPSA) is 51.5 Å². The van der Waals surface area contributed by atoms with Gasteiger partial charge < -0.3 is 14.2 Å². The van der Waals surface area contributed by atoms with Gasteiger partial charge in [-0.25, -0.2) is 0 Å². The molecule has 4 heteroatoms. The van der Waals surface area contributed by atoms with Gasteiger partial charge in [0.1, 0.15) is 6.61 Å². The van der Waals surface area contributed by atoms with Crippen LogP contribution in [0.1, 0.15) is 12.8 Å². The predicted molar refractivity (Wildman–Crippen MR) is 41.4 cm³/mol. The zero-order chi connectivity index (χ0) is 8.65. The fourth-order valence-corrected chi connectivity index (χ4v) is 1.04. The van der Waals surface area contributed by atoms with Crippen LogP contribution < -0.4 is 0 Å². The maximum atomic E-state index is 8.14. The van der Waals surface area contributed by atoms with Crippen LogP contribution in [0.5, 0.6) is 0 Å². The van der Waals surface area contributed by atoms with Crippen molar-refractivity contribution in [2.45, 2.75) is 19.1 Å². The van der Waals surface area contributed by atoms with Crippen LogP contribution in [0.3, 0.4) is 0 Å². The Balaban J connectivity index is 1.85. The van der Waals surface area contributed by atoms with Crippen molar-refractivity contribution in [3.8, 4) is 6.07 Å². The Morgan fingerprint density at radius 2 is 2.42 bits per heavy atom. The average molecular weight is 171 g/mol. The van der Waals surface area contributed by atoms with Crippen LogP contribution >= 0.6 is 0 Å². The van der Waals surface area contributed by atoms with Gasteiger partial charge in [0.05, 0.1) is 19.3 Å². The lowest BCUT2D eigenvalue weighted by molar-refractivity contribution is -0.120. The number of nitriles is 1. The lowest BCUT2D eigenvalue weighted by Gasteiger charge is -2.09. The molecule has 0 spiro atoms. The van der Waals surface area contributed by atoms with Crippen molar-refractivity contribution in [1.82, 2.24) is 0 Å². The molecule has 1 aliphatic rings. The van der Waals surface area contributed by atoms with Crippen LogP contribution in [0.2, 0.25) is 0 Å². The third-order valence-corrected chi connectivity index (χ3v) is 1.59. The fourth-order valence-electron chi connectivity index (χ4n) is 1.04. The van der Waals surface area contributed by atoms with Gasteiger partial charge in [-0.05, 0) is 6.42 Å². The molecule has 12 heavy (non-hydrogen) atoms. The Kier molecular flexibility index (Phi) is 4.69. The van der Waals surface area contributed by atoms with E-state index < -0.39 is 0 Å². The molecule has 0 aromatic carbocycles. The minimum atomic E-state index is -0.0457. The molecule has 1 heterocycles. The molecule has 0 saturated carbocycles. The lowest BCUT2D eigenvalue weighted by atomic mass is 10.4. The van der Waals surface area contributed by atoms with Gasteiger partial charge in [0.15, 0.2) is 6.29 Å². The average Bonchev–Trinajstić information content (AvgIpc) is 2.57. The standard InChI is InChI=1S/C8H13NO3/c9-3-5-10-6-7-12-8-2-1-4-11-8/h8H,1-2,4-7H2. The maximum absolute atomic E-state index is 8.14. The summed E-state index contributed by atoms with van der Waals surface area (Å²) in [5, 5.41) is 8.14. The van der Waals surface area contributed by atoms with Crippen LogP contribution in [0.15, 0.2) is 0 Å². The van der Waals surface area contributed by atoms with Gasteiger partial charge in [0.2, 0.25) is 0 Å². The Bertz CT molecular complexity index is 149. The van der Waals surface area contributed by atoms with Crippen molar-refractivity contribution in [3.63, 3.8) is 0 Å². The number of rotatable bonds is 5.